The first-order valence-corrected chi connectivity index (χ1v) is 8.50. The number of anilines is 4. The van der Waals surface area contributed by atoms with Crippen molar-refractivity contribution in [2.24, 2.45) is 0 Å². The van der Waals surface area contributed by atoms with Crippen LogP contribution in [0.15, 0.2) is 48.8 Å². The summed E-state index contributed by atoms with van der Waals surface area (Å²) in [7, 11) is 0. The van der Waals surface area contributed by atoms with E-state index in [0.717, 1.165) is 28.7 Å². The molecule has 0 aliphatic carbocycles. The molecule has 132 valence electrons. The Labute approximate surface area is 152 Å². The van der Waals surface area contributed by atoms with Gasteiger partial charge in [-0.15, -0.1) is 0 Å². The number of nitrogens with zero attached hydrogens (tertiary/aromatic N) is 2. The normalized spacial score (nSPS) is 12.5. The summed E-state index contributed by atoms with van der Waals surface area (Å²) in [5.74, 6) is 2.93. The smallest absolute Gasteiger partial charge is 0.163 e. The van der Waals surface area contributed by atoms with Crippen LogP contribution in [0.1, 0.15) is 11.1 Å². The third-order valence-corrected chi connectivity index (χ3v) is 3.98. The van der Waals surface area contributed by atoms with E-state index in [1.807, 2.05) is 24.3 Å². The van der Waals surface area contributed by atoms with E-state index in [2.05, 4.69) is 52.6 Å². The summed E-state index contributed by atoms with van der Waals surface area (Å²) in [5, 5.41) is 6.60. The molecule has 0 fully saturated rings. The van der Waals surface area contributed by atoms with E-state index in [1.165, 1.54) is 17.5 Å². The highest BCUT2D eigenvalue weighted by molar-refractivity contribution is 5.65. The molecule has 26 heavy (non-hydrogen) atoms. The van der Waals surface area contributed by atoms with Crippen molar-refractivity contribution in [2.45, 2.75) is 13.8 Å². The maximum Gasteiger partial charge on any atom is 0.163 e. The van der Waals surface area contributed by atoms with Gasteiger partial charge in [-0.2, -0.15) is 0 Å². The lowest BCUT2D eigenvalue weighted by molar-refractivity contribution is 0.171. The van der Waals surface area contributed by atoms with Crippen molar-refractivity contribution in [3.05, 3.63) is 59.9 Å². The minimum Gasteiger partial charge on any atom is -0.486 e. The monoisotopic (exact) mass is 348 g/mol. The molecule has 1 aliphatic heterocycles. The predicted octanol–water partition coefficient (Wildman–Crippen LogP) is 4.35. The van der Waals surface area contributed by atoms with Gasteiger partial charge in [-0.3, -0.25) is 0 Å². The summed E-state index contributed by atoms with van der Waals surface area (Å²) in [5.41, 5.74) is 4.30. The Morgan fingerprint density at radius 3 is 2.12 bits per heavy atom. The topological polar surface area (TPSA) is 68.3 Å². The van der Waals surface area contributed by atoms with Gasteiger partial charge in [0.15, 0.2) is 11.5 Å². The zero-order valence-corrected chi connectivity index (χ0v) is 14.7. The Morgan fingerprint density at radius 1 is 0.731 bits per heavy atom. The molecule has 6 nitrogen and oxygen atoms in total. The Balaban J connectivity index is 1.52. The lowest BCUT2D eigenvalue weighted by Gasteiger charge is -2.19. The molecule has 2 aromatic carbocycles. The van der Waals surface area contributed by atoms with Crippen LogP contribution in [0, 0.1) is 13.8 Å². The fourth-order valence-corrected chi connectivity index (χ4v) is 2.96. The zero-order chi connectivity index (χ0) is 17.9. The van der Waals surface area contributed by atoms with Crippen molar-refractivity contribution in [3.63, 3.8) is 0 Å². The average Bonchev–Trinajstić information content (AvgIpc) is 2.61. The molecule has 1 aromatic heterocycles. The Bertz CT molecular complexity index is 923. The first kappa shape index (κ1) is 16.2. The summed E-state index contributed by atoms with van der Waals surface area (Å²) in [4.78, 5) is 8.59. The maximum absolute atomic E-state index is 5.62. The Kier molecular flexibility index (Phi) is 4.31. The second-order valence-corrected chi connectivity index (χ2v) is 6.27. The summed E-state index contributed by atoms with van der Waals surface area (Å²) in [6.07, 6.45) is 1.53. The molecule has 0 atom stereocenters. The fraction of sp³-hybridized carbons (Fsp3) is 0.200. The van der Waals surface area contributed by atoms with Crippen molar-refractivity contribution >= 4 is 23.0 Å². The standard InChI is InChI=1S/C20H20N4O2/c1-13-7-14(2)9-16(8-13)24-20-11-19(21-12-22-20)23-15-3-4-17-18(10-15)26-6-5-25-17/h3-4,7-12H,5-6H2,1-2H3,(H2,21,22,23,24). The van der Waals surface area contributed by atoms with Crippen molar-refractivity contribution in [1.29, 1.82) is 0 Å². The molecule has 1 aliphatic rings. The van der Waals surface area contributed by atoms with Gasteiger partial charge in [-0.25, -0.2) is 9.97 Å². The lowest BCUT2D eigenvalue weighted by Crippen LogP contribution is -2.15. The Hall–Kier alpha value is -3.28. The molecule has 0 amide bonds. The molecule has 2 N–H and O–H groups in total. The molecule has 0 saturated heterocycles. The van der Waals surface area contributed by atoms with E-state index in [-0.39, 0.29) is 0 Å². The number of benzene rings is 2. The fourth-order valence-electron chi connectivity index (χ4n) is 2.96. The van der Waals surface area contributed by atoms with Gasteiger partial charge in [0.05, 0.1) is 0 Å². The molecule has 4 rings (SSSR count). The molecule has 2 heterocycles. The molecule has 0 spiro atoms. The highest BCUT2D eigenvalue weighted by Gasteiger charge is 2.12. The molecule has 3 aromatic rings. The highest BCUT2D eigenvalue weighted by atomic mass is 16.6. The SMILES string of the molecule is Cc1cc(C)cc(Nc2cc(Nc3ccc4c(c3)OCCO4)ncn2)c1. The summed E-state index contributed by atoms with van der Waals surface area (Å²) < 4.78 is 11.2. The first-order valence-electron chi connectivity index (χ1n) is 8.50. The van der Waals surface area contributed by atoms with Crippen molar-refractivity contribution < 1.29 is 9.47 Å². The molecule has 0 radical (unpaired) electrons. The van der Waals surface area contributed by atoms with E-state index in [1.54, 1.807) is 0 Å². The number of ether oxygens (including phenoxy) is 2. The third kappa shape index (κ3) is 3.69. The van der Waals surface area contributed by atoms with E-state index < -0.39 is 0 Å². The summed E-state index contributed by atoms with van der Waals surface area (Å²) >= 11 is 0. The quantitative estimate of drug-likeness (QED) is 0.730. The molecule has 0 saturated carbocycles. The minimum atomic E-state index is 0.563. The van der Waals surface area contributed by atoms with Gasteiger partial charge in [0, 0.05) is 23.5 Å². The number of nitrogens with one attached hydrogen (secondary N) is 2. The third-order valence-electron chi connectivity index (χ3n) is 3.98. The molecule has 0 unspecified atom stereocenters. The molecular weight excluding hydrogens is 328 g/mol. The number of aromatic nitrogens is 2. The highest BCUT2D eigenvalue weighted by Crippen LogP contribution is 2.33. The molecule has 6 heteroatoms. The number of rotatable bonds is 4. The zero-order valence-electron chi connectivity index (χ0n) is 14.7. The van der Waals surface area contributed by atoms with Gasteiger partial charge in [-0.05, 0) is 49.2 Å². The number of hydrogen-bond acceptors (Lipinski definition) is 6. The van der Waals surface area contributed by atoms with E-state index in [4.69, 9.17) is 9.47 Å². The van der Waals surface area contributed by atoms with Crippen LogP contribution in [0.5, 0.6) is 11.5 Å². The maximum atomic E-state index is 5.62. The van der Waals surface area contributed by atoms with Gasteiger partial charge >= 0.3 is 0 Å². The van der Waals surface area contributed by atoms with Gasteiger partial charge < -0.3 is 20.1 Å². The second kappa shape index (κ2) is 6.92. The van der Waals surface area contributed by atoms with Crippen LogP contribution in [0.4, 0.5) is 23.0 Å². The van der Waals surface area contributed by atoms with Crippen molar-refractivity contribution in [1.82, 2.24) is 9.97 Å². The second-order valence-electron chi connectivity index (χ2n) is 6.27. The summed E-state index contributed by atoms with van der Waals surface area (Å²) in [6.45, 7) is 5.30. The predicted molar refractivity (Wildman–Crippen MR) is 102 cm³/mol. The van der Waals surface area contributed by atoms with Crippen LogP contribution < -0.4 is 20.1 Å². The van der Waals surface area contributed by atoms with E-state index in [9.17, 15) is 0 Å². The van der Waals surface area contributed by atoms with Crippen LogP contribution in [-0.2, 0) is 0 Å². The van der Waals surface area contributed by atoms with Crippen molar-refractivity contribution in [2.75, 3.05) is 23.8 Å². The van der Waals surface area contributed by atoms with Crippen LogP contribution in [-0.4, -0.2) is 23.2 Å². The number of fused-ring (bicyclic) bond motifs is 1. The Morgan fingerprint density at radius 2 is 1.38 bits per heavy atom. The van der Waals surface area contributed by atoms with Gasteiger partial charge in [0.1, 0.15) is 31.2 Å². The van der Waals surface area contributed by atoms with Crippen LogP contribution >= 0.6 is 0 Å². The molecule has 0 bridgehead atoms. The lowest BCUT2D eigenvalue weighted by atomic mass is 10.1. The summed E-state index contributed by atoms with van der Waals surface area (Å²) in [6, 6.07) is 13.9. The number of aryl methyl sites for hydroxylation is 2. The van der Waals surface area contributed by atoms with Gasteiger partial charge in [0.25, 0.3) is 0 Å². The molecular formula is C20H20N4O2. The van der Waals surface area contributed by atoms with Crippen LogP contribution in [0.3, 0.4) is 0 Å². The largest absolute Gasteiger partial charge is 0.486 e. The van der Waals surface area contributed by atoms with E-state index >= 15 is 0 Å². The number of hydrogen-bond donors (Lipinski definition) is 2. The van der Waals surface area contributed by atoms with Gasteiger partial charge in [0.2, 0.25) is 0 Å². The van der Waals surface area contributed by atoms with Gasteiger partial charge in [-0.1, -0.05) is 6.07 Å². The minimum absolute atomic E-state index is 0.563. The van der Waals surface area contributed by atoms with Crippen LogP contribution in [0.2, 0.25) is 0 Å². The van der Waals surface area contributed by atoms with E-state index in [0.29, 0.717) is 19.0 Å². The van der Waals surface area contributed by atoms with Crippen molar-refractivity contribution in [3.8, 4) is 11.5 Å². The average molecular weight is 348 g/mol. The van der Waals surface area contributed by atoms with Crippen LogP contribution in [0.25, 0.3) is 0 Å². The first-order chi connectivity index (χ1) is 12.7.